The molecule has 0 aliphatic carbocycles. The van der Waals surface area contributed by atoms with Crippen LogP contribution < -0.4 is 0 Å². The molecule has 0 aromatic heterocycles. The molecule has 0 aliphatic rings. The van der Waals surface area contributed by atoms with E-state index in [0.29, 0.717) is 11.8 Å². The molecule has 0 aromatic carbocycles. The van der Waals surface area contributed by atoms with E-state index < -0.39 is 0 Å². The molecule has 0 heterocycles. The van der Waals surface area contributed by atoms with E-state index in [0.717, 1.165) is 12.8 Å². The predicted octanol–water partition coefficient (Wildman–Crippen LogP) is 3.00. The fraction of sp³-hybridized carbons (Fsp3) is 0.818. The van der Waals surface area contributed by atoms with Crippen LogP contribution in [-0.2, 0) is 0 Å². The molecule has 0 amide bonds. The van der Waals surface area contributed by atoms with Crippen molar-refractivity contribution in [3.05, 3.63) is 12.2 Å². The minimum absolute atomic E-state index is 0.267. The van der Waals surface area contributed by atoms with Crippen LogP contribution in [0.5, 0.6) is 0 Å². The first-order valence-electron chi connectivity index (χ1n) is 4.94. The van der Waals surface area contributed by atoms with Gasteiger partial charge in [-0.2, -0.15) is 0 Å². The van der Waals surface area contributed by atoms with Gasteiger partial charge in [0.2, 0.25) is 0 Å². The number of hydrogen-bond acceptors (Lipinski definition) is 1. The topological polar surface area (TPSA) is 20.2 Å². The van der Waals surface area contributed by atoms with Crippen LogP contribution in [0, 0.1) is 11.8 Å². The summed E-state index contributed by atoms with van der Waals surface area (Å²) >= 11 is 0. The second kappa shape index (κ2) is 6.24. The Balaban J connectivity index is 3.77. The highest BCUT2D eigenvalue weighted by atomic mass is 16.3. The Kier molecular flexibility index (Phi) is 6.09. The smallest absolute Gasteiger partial charge is 0.0748 e. The van der Waals surface area contributed by atoms with Gasteiger partial charge in [-0.25, -0.2) is 0 Å². The molecule has 1 heteroatoms. The number of rotatable bonds is 5. The summed E-state index contributed by atoms with van der Waals surface area (Å²) in [6.07, 6.45) is 5.95. The summed E-state index contributed by atoms with van der Waals surface area (Å²) in [5, 5.41) is 9.63. The van der Waals surface area contributed by atoms with E-state index in [-0.39, 0.29) is 6.10 Å². The van der Waals surface area contributed by atoms with Crippen molar-refractivity contribution >= 4 is 0 Å². The number of allylic oxidation sites excluding steroid dienone is 1. The van der Waals surface area contributed by atoms with Gasteiger partial charge in [0.1, 0.15) is 0 Å². The lowest BCUT2D eigenvalue weighted by Gasteiger charge is -2.19. The Labute approximate surface area is 76.5 Å². The number of hydrogen-bond donors (Lipinski definition) is 1. The van der Waals surface area contributed by atoms with Crippen LogP contribution in [0.25, 0.3) is 0 Å². The van der Waals surface area contributed by atoms with E-state index >= 15 is 0 Å². The van der Waals surface area contributed by atoms with Crippen molar-refractivity contribution in [3.63, 3.8) is 0 Å². The SMILES string of the molecule is CCCC=CC(O)C(C)C(C)C. The Morgan fingerprint density at radius 1 is 1.25 bits per heavy atom. The first-order valence-corrected chi connectivity index (χ1v) is 4.94. The molecule has 0 fully saturated rings. The van der Waals surface area contributed by atoms with E-state index in [4.69, 9.17) is 0 Å². The van der Waals surface area contributed by atoms with Crippen LogP contribution in [0.15, 0.2) is 12.2 Å². The second-order valence-corrected chi connectivity index (χ2v) is 3.81. The highest BCUT2D eigenvalue weighted by molar-refractivity contribution is 4.91. The van der Waals surface area contributed by atoms with Crippen LogP contribution >= 0.6 is 0 Å². The van der Waals surface area contributed by atoms with Gasteiger partial charge in [-0.05, 0) is 18.3 Å². The van der Waals surface area contributed by atoms with E-state index in [1.54, 1.807) is 0 Å². The fourth-order valence-corrected chi connectivity index (χ4v) is 0.972. The fourth-order valence-electron chi connectivity index (χ4n) is 0.972. The molecule has 0 radical (unpaired) electrons. The molecule has 0 aromatic rings. The molecular weight excluding hydrogens is 148 g/mol. The number of aliphatic hydroxyl groups is 1. The maximum atomic E-state index is 9.63. The van der Waals surface area contributed by atoms with Crippen molar-refractivity contribution in [2.45, 2.75) is 46.6 Å². The molecule has 0 aliphatic heterocycles. The average Bonchev–Trinajstić information content (AvgIpc) is 2.03. The van der Waals surface area contributed by atoms with E-state index in [1.807, 2.05) is 6.08 Å². The molecule has 0 spiro atoms. The summed E-state index contributed by atoms with van der Waals surface area (Å²) in [6, 6.07) is 0. The molecule has 0 bridgehead atoms. The summed E-state index contributed by atoms with van der Waals surface area (Å²) in [5.41, 5.74) is 0. The van der Waals surface area contributed by atoms with Crippen LogP contribution in [0.3, 0.4) is 0 Å². The third kappa shape index (κ3) is 4.55. The minimum atomic E-state index is -0.267. The van der Waals surface area contributed by atoms with Crippen LogP contribution in [0.2, 0.25) is 0 Å². The van der Waals surface area contributed by atoms with Crippen LogP contribution in [0.4, 0.5) is 0 Å². The Hall–Kier alpha value is -0.300. The third-order valence-corrected chi connectivity index (χ3v) is 2.38. The summed E-state index contributed by atoms with van der Waals surface area (Å²) in [6.45, 7) is 8.51. The monoisotopic (exact) mass is 170 g/mol. The molecule has 2 unspecified atom stereocenters. The largest absolute Gasteiger partial charge is 0.389 e. The maximum absolute atomic E-state index is 9.63. The second-order valence-electron chi connectivity index (χ2n) is 3.81. The molecule has 0 rings (SSSR count). The predicted molar refractivity (Wildman–Crippen MR) is 54.1 cm³/mol. The average molecular weight is 170 g/mol. The molecule has 12 heavy (non-hydrogen) atoms. The van der Waals surface area contributed by atoms with Gasteiger partial charge in [0, 0.05) is 0 Å². The molecular formula is C11H22O. The van der Waals surface area contributed by atoms with Crippen molar-refractivity contribution in [1.29, 1.82) is 0 Å². The zero-order chi connectivity index (χ0) is 9.56. The first kappa shape index (κ1) is 11.7. The standard InChI is InChI=1S/C11H22O/c1-5-6-7-8-11(12)10(4)9(2)3/h7-12H,5-6H2,1-4H3. The van der Waals surface area contributed by atoms with E-state index in [9.17, 15) is 5.11 Å². The Morgan fingerprint density at radius 2 is 1.83 bits per heavy atom. The van der Waals surface area contributed by atoms with Gasteiger partial charge < -0.3 is 5.11 Å². The molecule has 2 atom stereocenters. The van der Waals surface area contributed by atoms with Crippen LogP contribution in [-0.4, -0.2) is 11.2 Å². The highest BCUT2D eigenvalue weighted by Crippen LogP contribution is 2.15. The van der Waals surface area contributed by atoms with Gasteiger partial charge in [0.15, 0.2) is 0 Å². The molecule has 0 saturated heterocycles. The van der Waals surface area contributed by atoms with Gasteiger partial charge >= 0.3 is 0 Å². The molecule has 1 N–H and O–H groups in total. The Bertz CT molecular complexity index is 127. The van der Waals surface area contributed by atoms with Gasteiger partial charge in [-0.3, -0.25) is 0 Å². The molecule has 72 valence electrons. The quantitative estimate of drug-likeness (QED) is 0.629. The van der Waals surface area contributed by atoms with E-state index in [1.165, 1.54) is 0 Å². The summed E-state index contributed by atoms with van der Waals surface area (Å²) < 4.78 is 0. The Morgan fingerprint density at radius 3 is 2.25 bits per heavy atom. The lowest BCUT2D eigenvalue weighted by molar-refractivity contribution is 0.134. The van der Waals surface area contributed by atoms with Gasteiger partial charge in [-0.1, -0.05) is 46.3 Å². The van der Waals surface area contributed by atoms with Gasteiger partial charge in [0.05, 0.1) is 6.10 Å². The van der Waals surface area contributed by atoms with Gasteiger partial charge in [0.25, 0.3) is 0 Å². The number of unbranched alkanes of at least 4 members (excludes halogenated alkanes) is 1. The zero-order valence-corrected chi connectivity index (χ0v) is 8.75. The third-order valence-electron chi connectivity index (χ3n) is 2.38. The molecule has 1 nitrogen and oxygen atoms in total. The van der Waals surface area contributed by atoms with Crippen molar-refractivity contribution in [2.24, 2.45) is 11.8 Å². The lowest BCUT2D eigenvalue weighted by atomic mass is 9.92. The lowest BCUT2D eigenvalue weighted by Crippen LogP contribution is -2.19. The van der Waals surface area contributed by atoms with E-state index in [2.05, 4.69) is 33.8 Å². The minimum Gasteiger partial charge on any atom is -0.389 e. The van der Waals surface area contributed by atoms with Crippen molar-refractivity contribution < 1.29 is 5.11 Å². The highest BCUT2D eigenvalue weighted by Gasteiger charge is 2.13. The van der Waals surface area contributed by atoms with Crippen molar-refractivity contribution in [1.82, 2.24) is 0 Å². The normalized spacial score (nSPS) is 17.2. The maximum Gasteiger partial charge on any atom is 0.0748 e. The van der Waals surface area contributed by atoms with Crippen molar-refractivity contribution in [3.8, 4) is 0 Å². The number of aliphatic hydroxyl groups excluding tert-OH is 1. The first-order chi connectivity index (χ1) is 5.59. The van der Waals surface area contributed by atoms with Gasteiger partial charge in [-0.15, -0.1) is 0 Å². The molecule has 0 saturated carbocycles. The van der Waals surface area contributed by atoms with Crippen LogP contribution in [0.1, 0.15) is 40.5 Å². The summed E-state index contributed by atoms with van der Waals surface area (Å²) in [4.78, 5) is 0. The summed E-state index contributed by atoms with van der Waals surface area (Å²) in [7, 11) is 0. The zero-order valence-electron chi connectivity index (χ0n) is 8.75. The van der Waals surface area contributed by atoms with Crippen molar-refractivity contribution in [2.75, 3.05) is 0 Å². The summed E-state index contributed by atoms with van der Waals surface area (Å²) in [5.74, 6) is 0.907.